The van der Waals surface area contributed by atoms with E-state index in [0.29, 0.717) is 67.2 Å². The van der Waals surface area contributed by atoms with Crippen LogP contribution in [0.1, 0.15) is 26.2 Å². The van der Waals surface area contributed by atoms with Crippen LogP contribution in [-0.4, -0.2) is 100 Å². The third kappa shape index (κ3) is 6.54. The Kier molecular flexibility index (Phi) is 8.93. The highest BCUT2D eigenvalue weighted by Crippen LogP contribution is 2.43. The molecule has 0 aliphatic carbocycles. The van der Waals surface area contributed by atoms with Crippen LogP contribution in [-0.2, 0) is 25.6 Å². The molecular weight excluding hydrogens is 642 g/mol. The minimum atomic E-state index is -0.850. The summed E-state index contributed by atoms with van der Waals surface area (Å²) in [4.78, 5) is 43.8. The molecule has 3 aliphatic heterocycles. The molecule has 0 spiro atoms. The van der Waals surface area contributed by atoms with E-state index in [0.717, 1.165) is 40.3 Å². The molecule has 15 heteroatoms. The van der Waals surface area contributed by atoms with Crippen molar-refractivity contribution in [2.24, 2.45) is 5.92 Å². The lowest BCUT2D eigenvalue weighted by Gasteiger charge is -2.34. The average molecular weight is 677 g/mol. The quantitative estimate of drug-likeness (QED) is 0.350. The molecule has 0 saturated carbocycles. The number of nitrogen functional groups attached to an aromatic ring is 1. The van der Waals surface area contributed by atoms with Gasteiger partial charge in [-0.2, -0.15) is 0 Å². The number of halogens is 1. The maximum Gasteiger partial charge on any atom is 0.337 e. The predicted molar refractivity (Wildman–Crippen MR) is 161 cm³/mol. The van der Waals surface area contributed by atoms with Crippen molar-refractivity contribution in [2.75, 3.05) is 52.4 Å². The van der Waals surface area contributed by atoms with Crippen LogP contribution in [0.5, 0.6) is 11.5 Å². The zero-order valence-electron chi connectivity index (χ0n) is 24.0. The van der Waals surface area contributed by atoms with Crippen molar-refractivity contribution in [2.45, 2.75) is 55.0 Å². The number of fused-ring (bicyclic) bond motifs is 2. The Balaban J connectivity index is 1.07. The number of likely N-dealkylation sites (tertiary alicyclic amines) is 1. The maximum absolute atomic E-state index is 13.1. The summed E-state index contributed by atoms with van der Waals surface area (Å²) in [5.74, 6) is 1.47. The Morgan fingerprint density at radius 1 is 1.19 bits per heavy atom. The van der Waals surface area contributed by atoms with Crippen LogP contribution in [0, 0.1) is 5.92 Å². The van der Waals surface area contributed by atoms with Crippen molar-refractivity contribution < 1.29 is 28.5 Å². The number of imidazole rings is 1. The lowest BCUT2D eigenvalue weighted by Crippen LogP contribution is -2.48. The fraction of sp³-hybridized carbons (Fsp3) is 0.536. The normalized spacial score (nSPS) is 20.0. The summed E-state index contributed by atoms with van der Waals surface area (Å²) >= 11 is 5.13. The van der Waals surface area contributed by atoms with Gasteiger partial charge < -0.3 is 39.0 Å². The van der Waals surface area contributed by atoms with Gasteiger partial charge in [0.1, 0.15) is 6.33 Å². The Labute approximate surface area is 261 Å². The van der Waals surface area contributed by atoms with Crippen LogP contribution in [0.15, 0.2) is 33.0 Å². The molecule has 2 aromatic heterocycles. The number of esters is 1. The van der Waals surface area contributed by atoms with Gasteiger partial charge in [-0.1, -0.05) is 11.8 Å². The molecule has 13 nitrogen and oxygen atoms in total. The zero-order valence-corrected chi connectivity index (χ0v) is 26.4. The summed E-state index contributed by atoms with van der Waals surface area (Å²) in [7, 11) is 1.93. The standard InChI is InChI=1S/C28H34BrN7O6S/c1-16(42-27(38)21-13-34(2)9-10-39-21)26(37)35-6-3-17(4-7-35)5-8-36-25-23(24(30)31-14-32-25)33-28(36)43-22-12-20-19(11-18(22)29)40-15-41-20/h11-12,14,16-17,21H,3-10,13,15H2,1-2H3,(H2,30,31,32)/t16-,21?/m0/s1. The van der Waals surface area contributed by atoms with Gasteiger partial charge in [0.05, 0.1) is 6.61 Å². The largest absolute Gasteiger partial charge is 0.454 e. The van der Waals surface area contributed by atoms with Gasteiger partial charge in [-0.15, -0.1) is 0 Å². The van der Waals surface area contributed by atoms with Crippen LogP contribution in [0.4, 0.5) is 5.82 Å². The molecule has 0 bridgehead atoms. The first-order valence-electron chi connectivity index (χ1n) is 14.3. The number of carbonyl (C=O) groups excluding carboxylic acids is 2. The van der Waals surface area contributed by atoms with Crippen molar-refractivity contribution in [1.82, 2.24) is 29.3 Å². The smallest absolute Gasteiger partial charge is 0.337 e. The van der Waals surface area contributed by atoms with E-state index in [1.807, 2.05) is 24.1 Å². The predicted octanol–water partition coefficient (Wildman–Crippen LogP) is 2.94. The van der Waals surface area contributed by atoms with Crippen molar-refractivity contribution in [3.63, 3.8) is 0 Å². The summed E-state index contributed by atoms with van der Waals surface area (Å²) in [5.41, 5.74) is 7.41. The van der Waals surface area contributed by atoms with Gasteiger partial charge >= 0.3 is 5.97 Å². The van der Waals surface area contributed by atoms with Crippen LogP contribution >= 0.6 is 27.7 Å². The first kappa shape index (κ1) is 29.9. The number of anilines is 1. The second-order valence-corrected chi connectivity index (χ2v) is 12.8. The van der Waals surface area contributed by atoms with Crippen molar-refractivity contribution in [1.29, 1.82) is 0 Å². The summed E-state index contributed by atoms with van der Waals surface area (Å²) in [6.07, 6.45) is 2.53. The number of morpholine rings is 1. The fourth-order valence-corrected chi connectivity index (χ4v) is 7.03. The molecule has 1 amide bonds. The highest BCUT2D eigenvalue weighted by atomic mass is 79.9. The number of ether oxygens (including phenoxy) is 4. The van der Waals surface area contributed by atoms with Gasteiger partial charge in [0.2, 0.25) is 6.79 Å². The number of amides is 1. The first-order valence-corrected chi connectivity index (χ1v) is 15.9. The third-order valence-electron chi connectivity index (χ3n) is 8.01. The lowest BCUT2D eigenvalue weighted by atomic mass is 9.93. The number of nitrogens with two attached hydrogens (primary N) is 1. The monoisotopic (exact) mass is 675 g/mol. The minimum Gasteiger partial charge on any atom is -0.454 e. The van der Waals surface area contributed by atoms with E-state index in [1.54, 1.807) is 11.8 Å². The van der Waals surface area contributed by atoms with E-state index >= 15 is 0 Å². The van der Waals surface area contributed by atoms with Gasteiger partial charge in [0.25, 0.3) is 5.91 Å². The molecule has 0 radical (unpaired) electrons. The number of piperidine rings is 1. The number of aryl methyl sites for hydroxylation is 1. The summed E-state index contributed by atoms with van der Waals surface area (Å²) in [5, 5.41) is 0.748. The number of carbonyl (C=O) groups is 2. The number of benzene rings is 1. The van der Waals surface area contributed by atoms with E-state index in [2.05, 4.69) is 30.5 Å². The van der Waals surface area contributed by atoms with Crippen LogP contribution in [0.25, 0.3) is 11.2 Å². The van der Waals surface area contributed by atoms with E-state index in [9.17, 15) is 9.59 Å². The highest BCUT2D eigenvalue weighted by molar-refractivity contribution is 9.10. The third-order valence-corrected chi connectivity index (χ3v) is 9.98. The van der Waals surface area contributed by atoms with Crippen molar-refractivity contribution in [3.05, 3.63) is 22.9 Å². The molecule has 2 saturated heterocycles. The van der Waals surface area contributed by atoms with Crippen molar-refractivity contribution in [3.8, 4) is 11.5 Å². The van der Waals surface area contributed by atoms with Gasteiger partial charge in [0, 0.05) is 42.1 Å². The summed E-state index contributed by atoms with van der Waals surface area (Å²) in [6, 6.07) is 3.83. The number of aromatic nitrogens is 4. The van der Waals surface area contributed by atoms with Crippen LogP contribution in [0.3, 0.4) is 0 Å². The number of hydrogen-bond donors (Lipinski definition) is 1. The number of likely N-dealkylation sites (N-methyl/N-ethyl adjacent to an activating group) is 1. The van der Waals surface area contributed by atoms with Gasteiger partial charge in [0.15, 0.2) is 45.8 Å². The second-order valence-electron chi connectivity index (χ2n) is 11.0. The Bertz CT molecular complexity index is 1510. The topological polar surface area (TPSA) is 147 Å². The van der Waals surface area contributed by atoms with Crippen LogP contribution < -0.4 is 15.2 Å². The van der Waals surface area contributed by atoms with Gasteiger partial charge in [-0.3, -0.25) is 4.79 Å². The molecule has 230 valence electrons. The number of hydrogen-bond acceptors (Lipinski definition) is 12. The lowest BCUT2D eigenvalue weighted by molar-refractivity contribution is -0.172. The number of nitrogens with zero attached hydrogens (tertiary/aromatic N) is 6. The Morgan fingerprint density at radius 2 is 1.95 bits per heavy atom. The second kappa shape index (κ2) is 12.8. The molecule has 6 rings (SSSR count). The molecule has 2 N–H and O–H groups in total. The number of rotatable bonds is 8. The highest BCUT2D eigenvalue weighted by Gasteiger charge is 2.32. The van der Waals surface area contributed by atoms with Crippen LogP contribution in [0.2, 0.25) is 0 Å². The maximum atomic E-state index is 13.1. The van der Waals surface area contributed by atoms with E-state index in [4.69, 9.17) is 29.7 Å². The molecule has 5 heterocycles. The first-order chi connectivity index (χ1) is 20.8. The molecule has 3 aromatic rings. The average Bonchev–Trinajstić information content (AvgIpc) is 3.60. The minimum absolute atomic E-state index is 0.170. The zero-order chi connectivity index (χ0) is 30.1. The summed E-state index contributed by atoms with van der Waals surface area (Å²) in [6.45, 7) is 5.43. The molecule has 2 atom stereocenters. The SMILES string of the molecule is C[C@H](OC(=O)C1CN(C)CCO1)C(=O)N1CCC(CCn2c(Sc3cc4c(cc3Br)OCO4)nc3c(N)ncnc32)CC1. The Morgan fingerprint density at radius 3 is 2.72 bits per heavy atom. The molecular formula is C28H34BrN7O6S. The van der Waals surface area contributed by atoms with E-state index in [1.165, 1.54) is 18.1 Å². The molecule has 2 fully saturated rings. The van der Waals surface area contributed by atoms with E-state index in [-0.39, 0.29) is 12.7 Å². The summed E-state index contributed by atoms with van der Waals surface area (Å²) < 4.78 is 25.0. The fourth-order valence-electron chi connectivity index (χ4n) is 5.52. The van der Waals surface area contributed by atoms with Crippen molar-refractivity contribution >= 4 is 56.6 Å². The molecule has 1 aromatic carbocycles. The molecule has 1 unspecified atom stereocenters. The molecule has 43 heavy (non-hydrogen) atoms. The molecule has 3 aliphatic rings. The van der Waals surface area contributed by atoms with Gasteiger partial charge in [-0.05, 0) is 67.2 Å². The van der Waals surface area contributed by atoms with E-state index < -0.39 is 18.2 Å². The Hall–Kier alpha value is -3.14. The van der Waals surface area contributed by atoms with Gasteiger partial charge in [-0.25, -0.2) is 19.7 Å².